The average molecular weight is 240 g/mol. The molecule has 0 atom stereocenters. The molecule has 0 spiro atoms. The number of nitrogens with zero attached hydrogens (tertiary/aromatic N) is 1. The molecule has 2 heteroatoms. The third-order valence-electron chi connectivity index (χ3n) is 4.07. The number of nitrogen functional groups attached to an aromatic ring is 1. The number of aromatic nitrogens is 1. The third kappa shape index (κ3) is 1.86. The molecule has 0 saturated heterocycles. The molecular weight excluding hydrogens is 220 g/mol. The summed E-state index contributed by atoms with van der Waals surface area (Å²) in [6.07, 6.45) is 5.19. The summed E-state index contributed by atoms with van der Waals surface area (Å²) in [4.78, 5) is 4.88. The normalized spacial score (nSPS) is 16.6. The van der Waals surface area contributed by atoms with Crippen molar-refractivity contribution in [2.24, 2.45) is 0 Å². The number of pyridine rings is 1. The van der Waals surface area contributed by atoms with Crippen molar-refractivity contribution in [1.82, 2.24) is 4.98 Å². The third-order valence-corrected chi connectivity index (χ3v) is 4.07. The lowest BCUT2D eigenvalue weighted by molar-refractivity contribution is 0.701. The van der Waals surface area contributed by atoms with Gasteiger partial charge in [0.25, 0.3) is 0 Å². The highest BCUT2D eigenvalue weighted by atomic mass is 14.7. The van der Waals surface area contributed by atoms with Crippen LogP contribution in [0, 0.1) is 13.8 Å². The molecule has 0 aliphatic heterocycles. The molecular formula is C16H20N2. The first-order chi connectivity index (χ1) is 8.65. The lowest BCUT2D eigenvalue weighted by Gasteiger charge is -2.13. The number of aryl methyl sites for hydroxylation is 2. The van der Waals surface area contributed by atoms with Gasteiger partial charge in [-0.1, -0.05) is 24.5 Å². The van der Waals surface area contributed by atoms with Gasteiger partial charge in [0.15, 0.2) is 0 Å². The molecule has 1 aliphatic rings. The number of hydrogen-bond acceptors (Lipinski definition) is 2. The number of benzene rings is 1. The maximum Gasteiger partial charge on any atom is 0.0755 e. The van der Waals surface area contributed by atoms with Crippen molar-refractivity contribution in [2.75, 3.05) is 5.73 Å². The van der Waals surface area contributed by atoms with Gasteiger partial charge in [0.2, 0.25) is 0 Å². The van der Waals surface area contributed by atoms with Gasteiger partial charge in [-0.3, -0.25) is 4.98 Å². The average Bonchev–Trinajstić information content (AvgIpc) is 2.83. The van der Waals surface area contributed by atoms with E-state index < -0.39 is 0 Å². The zero-order valence-electron chi connectivity index (χ0n) is 11.2. The molecule has 1 fully saturated rings. The Balaban J connectivity index is 2.20. The Morgan fingerprint density at radius 2 is 1.83 bits per heavy atom. The number of hydrogen-bond donors (Lipinski definition) is 1. The Labute approximate surface area is 108 Å². The van der Waals surface area contributed by atoms with Gasteiger partial charge < -0.3 is 5.73 Å². The van der Waals surface area contributed by atoms with Crippen molar-refractivity contribution >= 4 is 16.6 Å². The molecule has 1 heterocycles. The van der Waals surface area contributed by atoms with E-state index in [-0.39, 0.29) is 0 Å². The van der Waals surface area contributed by atoms with Crippen molar-refractivity contribution in [3.05, 3.63) is 35.0 Å². The van der Waals surface area contributed by atoms with Crippen LogP contribution in [0.1, 0.15) is 48.4 Å². The number of nitrogens with two attached hydrogens (primary N) is 1. The van der Waals surface area contributed by atoms with E-state index in [1.807, 2.05) is 0 Å². The number of rotatable bonds is 1. The molecule has 1 aromatic heterocycles. The highest BCUT2D eigenvalue weighted by Crippen LogP contribution is 2.36. The molecule has 94 valence electrons. The summed E-state index contributed by atoms with van der Waals surface area (Å²) in [7, 11) is 0. The van der Waals surface area contributed by atoms with Crippen LogP contribution in [-0.2, 0) is 0 Å². The Kier molecular flexibility index (Phi) is 2.73. The monoisotopic (exact) mass is 240 g/mol. The summed E-state index contributed by atoms with van der Waals surface area (Å²) in [5.74, 6) is 0.623. The SMILES string of the molecule is Cc1cc(C)c2nc(C3CCCC3)cc(N)c2c1. The van der Waals surface area contributed by atoms with Crippen molar-refractivity contribution in [3.63, 3.8) is 0 Å². The molecule has 1 aromatic carbocycles. The van der Waals surface area contributed by atoms with E-state index in [1.165, 1.54) is 42.5 Å². The van der Waals surface area contributed by atoms with Gasteiger partial charge in [-0.15, -0.1) is 0 Å². The molecule has 2 N–H and O–H groups in total. The Morgan fingerprint density at radius 1 is 1.11 bits per heavy atom. The Hall–Kier alpha value is -1.57. The molecule has 0 amide bonds. The van der Waals surface area contributed by atoms with Gasteiger partial charge >= 0.3 is 0 Å². The second kappa shape index (κ2) is 4.27. The van der Waals surface area contributed by atoms with Gasteiger partial charge in [0.1, 0.15) is 0 Å². The first-order valence-corrected chi connectivity index (χ1v) is 6.82. The molecule has 0 bridgehead atoms. The molecule has 2 nitrogen and oxygen atoms in total. The summed E-state index contributed by atoms with van der Waals surface area (Å²) in [6.45, 7) is 4.23. The van der Waals surface area contributed by atoms with E-state index in [1.54, 1.807) is 0 Å². The van der Waals surface area contributed by atoms with E-state index >= 15 is 0 Å². The van der Waals surface area contributed by atoms with Gasteiger partial charge in [0.05, 0.1) is 5.52 Å². The molecule has 18 heavy (non-hydrogen) atoms. The van der Waals surface area contributed by atoms with E-state index in [2.05, 4.69) is 32.0 Å². The minimum atomic E-state index is 0.623. The highest BCUT2D eigenvalue weighted by molar-refractivity contribution is 5.92. The molecule has 1 aliphatic carbocycles. The summed E-state index contributed by atoms with van der Waals surface area (Å²) in [6, 6.07) is 6.42. The lowest BCUT2D eigenvalue weighted by atomic mass is 9.99. The van der Waals surface area contributed by atoms with Crippen LogP contribution in [-0.4, -0.2) is 4.98 Å². The summed E-state index contributed by atoms with van der Waals surface area (Å²) in [5, 5.41) is 1.11. The number of fused-ring (bicyclic) bond motifs is 1. The first kappa shape index (κ1) is 11.5. The second-order valence-corrected chi connectivity index (χ2v) is 5.60. The van der Waals surface area contributed by atoms with Crippen LogP contribution < -0.4 is 5.73 Å². The van der Waals surface area contributed by atoms with Crippen LogP contribution in [0.5, 0.6) is 0 Å². The maximum atomic E-state index is 6.22. The van der Waals surface area contributed by atoms with Crippen LogP contribution in [0.25, 0.3) is 10.9 Å². The molecule has 1 saturated carbocycles. The molecule has 0 radical (unpaired) electrons. The smallest absolute Gasteiger partial charge is 0.0755 e. The van der Waals surface area contributed by atoms with Crippen molar-refractivity contribution in [1.29, 1.82) is 0 Å². The minimum Gasteiger partial charge on any atom is -0.398 e. The fraction of sp³-hybridized carbons (Fsp3) is 0.438. The van der Waals surface area contributed by atoms with E-state index in [0.717, 1.165) is 16.6 Å². The fourth-order valence-electron chi connectivity index (χ4n) is 3.16. The van der Waals surface area contributed by atoms with E-state index in [9.17, 15) is 0 Å². The largest absolute Gasteiger partial charge is 0.398 e. The number of anilines is 1. The standard InChI is InChI=1S/C16H20N2/c1-10-7-11(2)16-13(8-10)14(17)9-15(18-16)12-5-3-4-6-12/h7-9,12H,3-6H2,1-2H3,(H2,17,18). The second-order valence-electron chi connectivity index (χ2n) is 5.60. The summed E-state index contributed by atoms with van der Waals surface area (Å²) in [5.41, 5.74) is 11.9. The summed E-state index contributed by atoms with van der Waals surface area (Å²) >= 11 is 0. The van der Waals surface area contributed by atoms with E-state index in [0.29, 0.717) is 5.92 Å². The Bertz CT molecular complexity index is 596. The first-order valence-electron chi connectivity index (χ1n) is 6.82. The van der Waals surface area contributed by atoms with Crippen LogP contribution in [0.4, 0.5) is 5.69 Å². The van der Waals surface area contributed by atoms with Crippen molar-refractivity contribution < 1.29 is 0 Å². The molecule has 0 unspecified atom stereocenters. The quantitative estimate of drug-likeness (QED) is 0.815. The van der Waals surface area contributed by atoms with Crippen LogP contribution in [0.15, 0.2) is 18.2 Å². The van der Waals surface area contributed by atoms with Crippen LogP contribution in [0.2, 0.25) is 0 Å². The van der Waals surface area contributed by atoms with Gasteiger partial charge in [-0.2, -0.15) is 0 Å². The Morgan fingerprint density at radius 3 is 2.56 bits per heavy atom. The molecule has 3 rings (SSSR count). The van der Waals surface area contributed by atoms with Crippen LogP contribution in [0.3, 0.4) is 0 Å². The van der Waals surface area contributed by atoms with Gasteiger partial charge in [-0.25, -0.2) is 0 Å². The van der Waals surface area contributed by atoms with Crippen molar-refractivity contribution in [2.45, 2.75) is 45.4 Å². The zero-order chi connectivity index (χ0) is 12.7. The highest BCUT2D eigenvalue weighted by Gasteiger charge is 2.19. The van der Waals surface area contributed by atoms with Gasteiger partial charge in [-0.05, 0) is 44.4 Å². The maximum absolute atomic E-state index is 6.22. The zero-order valence-corrected chi connectivity index (χ0v) is 11.2. The predicted molar refractivity (Wildman–Crippen MR) is 76.8 cm³/mol. The minimum absolute atomic E-state index is 0.623. The lowest BCUT2D eigenvalue weighted by Crippen LogP contribution is -2.01. The van der Waals surface area contributed by atoms with E-state index in [4.69, 9.17) is 10.7 Å². The molecule has 2 aromatic rings. The van der Waals surface area contributed by atoms with Crippen molar-refractivity contribution in [3.8, 4) is 0 Å². The fourth-order valence-corrected chi connectivity index (χ4v) is 3.16. The van der Waals surface area contributed by atoms with Gasteiger partial charge in [0, 0.05) is 22.7 Å². The topological polar surface area (TPSA) is 38.9 Å². The summed E-state index contributed by atoms with van der Waals surface area (Å²) < 4.78 is 0. The predicted octanol–water partition coefficient (Wildman–Crippen LogP) is 4.09. The van der Waals surface area contributed by atoms with Crippen LogP contribution >= 0.6 is 0 Å².